The maximum Gasteiger partial charge on any atom is 0.248 e. The molecule has 3 nitrogen and oxygen atoms in total. The summed E-state index contributed by atoms with van der Waals surface area (Å²) >= 11 is 0. The lowest BCUT2D eigenvalue weighted by Crippen LogP contribution is -2.32. The molecule has 1 saturated carbocycles. The van der Waals surface area contributed by atoms with Crippen LogP contribution in [-0.4, -0.2) is 23.2 Å². The summed E-state index contributed by atoms with van der Waals surface area (Å²) in [4.78, 5) is 11.1. The van der Waals surface area contributed by atoms with Gasteiger partial charge in [0.15, 0.2) is 0 Å². The van der Waals surface area contributed by atoms with Crippen LogP contribution >= 0.6 is 0 Å². The molecule has 0 aromatic rings. The van der Waals surface area contributed by atoms with E-state index in [4.69, 9.17) is 0 Å². The Balaban J connectivity index is 2.02. The molecule has 3 heteroatoms. The second-order valence-electron chi connectivity index (χ2n) is 3.32. The minimum atomic E-state index is 0.157. The molecule has 2 aliphatic rings. The second-order valence-corrected chi connectivity index (χ2v) is 3.32. The standard InChI is InChI=1S/C8H12N2O/c1-6(7-2-3-7)10-8(11)4-5-9-10/h5-7H,2-4H2,1H3. The van der Waals surface area contributed by atoms with Crippen LogP contribution in [0.3, 0.4) is 0 Å². The molecular weight excluding hydrogens is 140 g/mol. The molecule has 0 spiro atoms. The minimum absolute atomic E-state index is 0.157. The Kier molecular flexibility index (Phi) is 1.44. The molecule has 0 radical (unpaired) electrons. The van der Waals surface area contributed by atoms with Gasteiger partial charge in [-0.25, -0.2) is 5.01 Å². The van der Waals surface area contributed by atoms with Crippen LogP contribution in [0.25, 0.3) is 0 Å². The van der Waals surface area contributed by atoms with Crippen molar-refractivity contribution in [2.24, 2.45) is 11.0 Å². The average Bonchev–Trinajstić information content (AvgIpc) is 2.74. The molecule has 1 aliphatic carbocycles. The van der Waals surface area contributed by atoms with Crippen molar-refractivity contribution in [3.05, 3.63) is 0 Å². The van der Waals surface area contributed by atoms with Crippen molar-refractivity contribution in [2.45, 2.75) is 32.2 Å². The number of carbonyl (C=O) groups is 1. The van der Waals surface area contributed by atoms with Gasteiger partial charge in [0.05, 0.1) is 12.5 Å². The number of hydrazone groups is 1. The van der Waals surface area contributed by atoms with E-state index in [1.54, 1.807) is 11.2 Å². The molecule has 60 valence electrons. The van der Waals surface area contributed by atoms with Gasteiger partial charge in [-0.05, 0) is 25.7 Å². The van der Waals surface area contributed by atoms with Crippen LogP contribution in [0.4, 0.5) is 0 Å². The molecule has 0 aromatic heterocycles. The first-order valence-electron chi connectivity index (χ1n) is 4.13. The van der Waals surface area contributed by atoms with Crippen molar-refractivity contribution in [1.82, 2.24) is 5.01 Å². The molecule has 1 atom stereocenters. The molecule has 1 unspecified atom stereocenters. The average molecular weight is 152 g/mol. The van der Waals surface area contributed by atoms with Crippen LogP contribution in [0.1, 0.15) is 26.2 Å². The van der Waals surface area contributed by atoms with Gasteiger partial charge >= 0.3 is 0 Å². The van der Waals surface area contributed by atoms with Crippen molar-refractivity contribution in [1.29, 1.82) is 0 Å². The van der Waals surface area contributed by atoms with E-state index in [1.165, 1.54) is 12.8 Å². The molecule has 0 N–H and O–H groups in total. The molecule has 1 heterocycles. The Morgan fingerprint density at radius 2 is 2.45 bits per heavy atom. The first-order chi connectivity index (χ1) is 5.29. The van der Waals surface area contributed by atoms with E-state index in [-0.39, 0.29) is 5.91 Å². The fourth-order valence-electron chi connectivity index (χ4n) is 1.48. The maximum atomic E-state index is 11.1. The first kappa shape index (κ1) is 6.83. The van der Waals surface area contributed by atoms with Gasteiger partial charge in [-0.2, -0.15) is 5.10 Å². The van der Waals surface area contributed by atoms with Crippen molar-refractivity contribution < 1.29 is 4.79 Å². The Labute approximate surface area is 66.1 Å². The van der Waals surface area contributed by atoms with Crippen LogP contribution in [0, 0.1) is 5.92 Å². The quantitative estimate of drug-likeness (QED) is 0.581. The normalized spacial score (nSPS) is 26.3. The molecule has 11 heavy (non-hydrogen) atoms. The van der Waals surface area contributed by atoms with E-state index in [0.29, 0.717) is 18.4 Å². The smallest absolute Gasteiger partial charge is 0.248 e. The van der Waals surface area contributed by atoms with Gasteiger partial charge < -0.3 is 0 Å². The number of rotatable bonds is 2. The summed E-state index contributed by atoms with van der Waals surface area (Å²) in [6.07, 6.45) is 4.72. The molecule has 2 rings (SSSR count). The van der Waals surface area contributed by atoms with Gasteiger partial charge in [0.2, 0.25) is 5.91 Å². The van der Waals surface area contributed by atoms with Crippen molar-refractivity contribution in [3.8, 4) is 0 Å². The summed E-state index contributed by atoms with van der Waals surface area (Å²) in [5, 5.41) is 5.67. The van der Waals surface area contributed by atoms with Crippen LogP contribution < -0.4 is 0 Å². The highest BCUT2D eigenvalue weighted by Crippen LogP contribution is 2.35. The summed E-state index contributed by atoms with van der Waals surface area (Å²) in [5.41, 5.74) is 0. The summed E-state index contributed by atoms with van der Waals surface area (Å²) in [7, 11) is 0. The van der Waals surface area contributed by atoms with Crippen molar-refractivity contribution in [2.75, 3.05) is 0 Å². The predicted molar refractivity (Wildman–Crippen MR) is 42.1 cm³/mol. The summed E-state index contributed by atoms with van der Waals surface area (Å²) in [6.45, 7) is 2.08. The van der Waals surface area contributed by atoms with E-state index in [9.17, 15) is 4.79 Å². The monoisotopic (exact) mass is 152 g/mol. The number of carbonyl (C=O) groups excluding carboxylic acids is 1. The third-order valence-electron chi connectivity index (χ3n) is 2.42. The topological polar surface area (TPSA) is 32.7 Å². The SMILES string of the molecule is CC(C1CC1)N1N=CCC1=O. The molecule has 1 fully saturated rings. The molecule has 0 saturated heterocycles. The lowest BCUT2D eigenvalue weighted by Gasteiger charge is -2.19. The summed E-state index contributed by atoms with van der Waals surface area (Å²) in [6, 6.07) is 0.334. The zero-order valence-corrected chi connectivity index (χ0v) is 6.66. The van der Waals surface area contributed by atoms with Crippen LogP contribution in [-0.2, 0) is 4.79 Å². The minimum Gasteiger partial charge on any atom is -0.273 e. The zero-order chi connectivity index (χ0) is 7.84. The predicted octanol–water partition coefficient (Wildman–Crippen LogP) is 1.00. The number of hydrogen-bond donors (Lipinski definition) is 0. The maximum absolute atomic E-state index is 11.1. The molecule has 1 aliphatic heterocycles. The lowest BCUT2D eigenvalue weighted by atomic mass is 10.2. The van der Waals surface area contributed by atoms with Crippen LogP contribution in [0.15, 0.2) is 5.10 Å². The Morgan fingerprint density at radius 1 is 1.73 bits per heavy atom. The van der Waals surface area contributed by atoms with E-state index < -0.39 is 0 Å². The number of amides is 1. The van der Waals surface area contributed by atoms with Crippen molar-refractivity contribution in [3.63, 3.8) is 0 Å². The fourth-order valence-corrected chi connectivity index (χ4v) is 1.48. The Morgan fingerprint density at radius 3 is 2.91 bits per heavy atom. The van der Waals surface area contributed by atoms with Crippen LogP contribution in [0.5, 0.6) is 0 Å². The van der Waals surface area contributed by atoms with Gasteiger partial charge in [-0.15, -0.1) is 0 Å². The van der Waals surface area contributed by atoms with Crippen LogP contribution in [0.2, 0.25) is 0 Å². The van der Waals surface area contributed by atoms with E-state index in [0.717, 1.165) is 0 Å². The Hall–Kier alpha value is -0.860. The van der Waals surface area contributed by atoms with E-state index in [2.05, 4.69) is 12.0 Å². The van der Waals surface area contributed by atoms with Gasteiger partial charge in [-0.3, -0.25) is 4.79 Å². The third kappa shape index (κ3) is 1.15. The molecule has 1 amide bonds. The van der Waals surface area contributed by atoms with Gasteiger partial charge in [0.1, 0.15) is 0 Å². The van der Waals surface area contributed by atoms with E-state index in [1.807, 2.05) is 0 Å². The highest BCUT2D eigenvalue weighted by molar-refractivity contribution is 5.93. The highest BCUT2D eigenvalue weighted by Gasteiger charge is 2.35. The fraction of sp³-hybridized carbons (Fsp3) is 0.750. The third-order valence-corrected chi connectivity index (χ3v) is 2.42. The van der Waals surface area contributed by atoms with Gasteiger partial charge in [-0.1, -0.05) is 0 Å². The Bertz CT molecular complexity index is 208. The van der Waals surface area contributed by atoms with Gasteiger partial charge in [0.25, 0.3) is 0 Å². The highest BCUT2D eigenvalue weighted by atomic mass is 16.2. The largest absolute Gasteiger partial charge is 0.273 e. The molecule has 0 aromatic carbocycles. The summed E-state index contributed by atoms with van der Waals surface area (Å²) < 4.78 is 0. The number of hydrogen-bond acceptors (Lipinski definition) is 2. The molecule has 0 bridgehead atoms. The second kappa shape index (κ2) is 2.32. The lowest BCUT2D eigenvalue weighted by molar-refractivity contribution is -0.130. The van der Waals surface area contributed by atoms with E-state index >= 15 is 0 Å². The van der Waals surface area contributed by atoms with Crippen molar-refractivity contribution >= 4 is 12.1 Å². The molecular formula is C8H12N2O. The summed E-state index contributed by atoms with van der Waals surface area (Å²) in [5.74, 6) is 0.874. The zero-order valence-electron chi connectivity index (χ0n) is 6.66. The first-order valence-corrected chi connectivity index (χ1v) is 4.13. The van der Waals surface area contributed by atoms with Gasteiger partial charge in [0, 0.05) is 6.21 Å². The number of nitrogens with zero attached hydrogens (tertiary/aromatic N) is 2.